The summed E-state index contributed by atoms with van der Waals surface area (Å²) in [7, 11) is 1.67. The minimum atomic E-state index is -0.512. The average molecular weight is 306 g/mol. The van der Waals surface area contributed by atoms with Crippen LogP contribution in [-0.4, -0.2) is 47.0 Å². The minimum absolute atomic E-state index is 0.319. The first-order chi connectivity index (χ1) is 10.3. The number of nitrogen functional groups attached to an aromatic ring is 1. The van der Waals surface area contributed by atoms with Gasteiger partial charge in [0.25, 0.3) is 0 Å². The molecule has 0 aliphatic carbocycles. The number of nitrogens with one attached hydrogen (secondary N) is 1. The van der Waals surface area contributed by atoms with Crippen molar-refractivity contribution >= 4 is 22.7 Å². The topological polar surface area (TPSA) is 93.5 Å². The number of fused-ring (bicyclic) bond motifs is 1. The van der Waals surface area contributed by atoms with Gasteiger partial charge in [0, 0.05) is 18.5 Å². The lowest BCUT2D eigenvalue weighted by Gasteiger charge is -2.24. The van der Waals surface area contributed by atoms with Crippen molar-refractivity contribution in [2.45, 2.75) is 26.4 Å². The summed E-state index contributed by atoms with van der Waals surface area (Å²) in [6.45, 7) is 6.20. The van der Waals surface area contributed by atoms with Gasteiger partial charge in [0.1, 0.15) is 18.0 Å². The molecule has 120 valence electrons. The molecule has 0 radical (unpaired) electrons. The number of nitrogens with zero attached hydrogens (tertiary/aromatic N) is 2. The highest BCUT2D eigenvalue weighted by molar-refractivity contribution is 5.84. The van der Waals surface area contributed by atoms with Crippen LogP contribution in [0.4, 0.5) is 10.5 Å². The Bertz CT molecular complexity index is 660. The molecule has 0 aliphatic rings. The number of likely N-dealkylation sites (N-methyl/N-ethyl adjacent to an activating group) is 1. The number of amides is 1. The van der Waals surface area contributed by atoms with E-state index in [-0.39, 0.29) is 6.09 Å². The minimum Gasteiger partial charge on any atom is -0.490 e. The van der Waals surface area contributed by atoms with Crippen molar-refractivity contribution in [2.24, 2.45) is 0 Å². The molecular formula is C15H22N4O3. The Morgan fingerprint density at radius 2 is 2.14 bits per heavy atom. The highest BCUT2D eigenvalue weighted by Crippen LogP contribution is 2.26. The molecule has 0 saturated carbocycles. The zero-order valence-corrected chi connectivity index (χ0v) is 13.3. The fourth-order valence-corrected chi connectivity index (χ4v) is 1.84. The van der Waals surface area contributed by atoms with Gasteiger partial charge in [-0.2, -0.15) is 5.10 Å². The monoisotopic (exact) mass is 306 g/mol. The van der Waals surface area contributed by atoms with E-state index in [0.29, 0.717) is 24.6 Å². The predicted molar refractivity (Wildman–Crippen MR) is 84.9 cm³/mol. The second-order valence-corrected chi connectivity index (χ2v) is 6.10. The normalized spacial score (nSPS) is 11.5. The number of aromatic nitrogens is 2. The molecule has 0 saturated heterocycles. The molecule has 0 bridgehead atoms. The Balaban J connectivity index is 1.89. The zero-order valence-electron chi connectivity index (χ0n) is 13.3. The molecule has 1 amide bonds. The third-order valence-corrected chi connectivity index (χ3v) is 2.96. The second-order valence-electron chi connectivity index (χ2n) is 6.10. The molecule has 0 spiro atoms. The second kappa shape index (κ2) is 6.13. The predicted octanol–water partition coefficient (Wildman–Crippen LogP) is 2.39. The van der Waals surface area contributed by atoms with E-state index in [2.05, 4.69) is 10.2 Å². The molecule has 22 heavy (non-hydrogen) atoms. The van der Waals surface area contributed by atoms with Crippen molar-refractivity contribution in [3.8, 4) is 5.75 Å². The SMILES string of the molecule is CN(CCOc1cc2[nH]ncc2cc1N)C(=O)OC(C)(C)C. The van der Waals surface area contributed by atoms with Crippen molar-refractivity contribution < 1.29 is 14.3 Å². The fourth-order valence-electron chi connectivity index (χ4n) is 1.84. The smallest absolute Gasteiger partial charge is 0.410 e. The van der Waals surface area contributed by atoms with Crippen molar-refractivity contribution in [1.82, 2.24) is 15.1 Å². The third-order valence-electron chi connectivity index (χ3n) is 2.96. The van der Waals surface area contributed by atoms with Gasteiger partial charge in [-0.15, -0.1) is 0 Å². The lowest BCUT2D eigenvalue weighted by atomic mass is 10.2. The molecule has 7 heteroatoms. The largest absolute Gasteiger partial charge is 0.490 e. The van der Waals surface area contributed by atoms with E-state index in [1.807, 2.05) is 20.8 Å². The fraction of sp³-hybridized carbons (Fsp3) is 0.467. The van der Waals surface area contributed by atoms with Crippen molar-refractivity contribution in [1.29, 1.82) is 0 Å². The molecular weight excluding hydrogens is 284 g/mol. The summed E-state index contributed by atoms with van der Waals surface area (Å²) in [5.41, 5.74) is 6.81. The quantitative estimate of drug-likeness (QED) is 0.846. The maximum absolute atomic E-state index is 11.8. The average Bonchev–Trinajstić information content (AvgIpc) is 2.83. The highest BCUT2D eigenvalue weighted by atomic mass is 16.6. The van der Waals surface area contributed by atoms with Gasteiger partial charge in [-0.05, 0) is 26.8 Å². The maximum atomic E-state index is 11.8. The van der Waals surface area contributed by atoms with E-state index in [0.717, 1.165) is 10.9 Å². The molecule has 0 unspecified atom stereocenters. The van der Waals surface area contributed by atoms with E-state index in [1.165, 1.54) is 4.90 Å². The van der Waals surface area contributed by atoms with Gasteiger partial charge in [0.05, 0.1) is 23.9 Å². The summed E-state index contributed by atoms with van der Waals surface area (Å²) in [4.78, 5) is 13.3. The molecule has 0 aliphatic heterocycles. The van der Waals surface area contributed by atoms with Crippen LogP contribution in [0.2, 0.25) is 0 Å². The van der Waals surface area contributed by atoms with Crippen LogP contribution in [0.3, 0.4) is 0 Å². The van der Waals surface area contributed by atoms with Crippen LogP contribution in [0.25, 0.3) is 10.9 Å². The molecule has 7 nitrogen and oxygen atoms in total. The first-order valence-corrected chi connectivity index (χ1v) is 7.06. The van der Waals surface area contributed by atoms with Gasteiger partial charge in [-0.3, -0.25) is 5.10 Å². The van der Waals surface area contributed by atoms with Gasteiger partial charge in [-0.1, -0.05) is 0 Å². The van der Waals surface area contributed by atoms with Crippen molar-refractivity contribution in [2.75, 3.05) is 25.9 Å². The standard InChI is InChI=1S/C15H22N4O3/c1-15(2,3)22-14(20)19(4)5-6-21-13-8-12-10(7-11(13)16)9-17-18-12/h7-9H,5-6,16H2,1-4H3,(H,17,18). The van der Waals surface area contributed by atoms with E-state index >= 15 is 0 Å². The van der Waals surface area contributed by atoms with Gasteiger partial charge in [0.2, 0.25) is 0 Å². The van der Waals surface area contributed by atoms with Crippen LogP contribution in [0.1, 0.15) is 20.8 Å². The number of anilines is 1. The highest BCUT2D eigenvalue weighted by Gasteiger charge is 2.19. The van der Waals surface area contributed by atoms with Crippen LogP contribution in [-0.2, 0) is 4.74 Å². The molecule has 1 aromatic heterocycles. The summed E-state index contributed by atoms with van der Waals surface area (Å²) in [6, 6.07) is 3.59. The number of carbonyl (C=O) groups is 1. The van der Waals surface area contributed by atoms with Gasteiger partial charge >= 0.3 is 6.09 Å². The number of benzene rings is 1. The van der Waals surface area contributed by atoms with Gasteiger partial charge in [0.15, 0.2) is 0 Å². The van der Waals surface area contributed by atoms with Crippen LogP contribution in [0.5, 0.6) is 5.75 Å². The number of hydrogen-bond acceptors (Lipinski definition) is 5. The van der Waals surface area contributed by atoms with Crippen molar-refractivity contribution in [3.05, 3.63) is 18.3 Å². The molecule has 2 rings (SSSR count). The number of ether oxygens (including phenoxy) is 2. The van der Waals surface area contributed by atoms with Crippen LogP contribution >= 0.6 is 0 Å². The number of nitrogens with two attached hydrogens (primary N) is 1. The van der Waals surface area contributed by atoms with Gasteiger partial charge in [-0.25, -0.2) is 4.79 Å². The van der Waals surface area contributed by atoms with E-state index in [4.69, 9.17) is 15.2 Å². The molecule has 1 heterocycles. The summed E-state index contributed by atoms with van der Waals surface area (Å²) < 4.78 is 10.9. The number of hydrogen-bond donors (Lipinski definition) is 2. The van der Waals surface area contributed by atoms with E-state index < -0.39 is 5.60 Å². The Morgan fingerprint density at radius 1 is 1.41 bits per heavy atom. The van der Waals surface area contributed by atoms with Crippen molar-refractivity contribution in [3.63, 3.8) is 0 Å². The molecule has 3 N–H and O–H groups in total. The Morgan fingerprint density at radius 3 is 2.82 bits per heavy atom. The number of aromatic amines is 1. The lowest BCUT2D eigenvalue weighted by molar-refractivity contribution is 0.0278. The maximum Gasteiger partial charge on any atom is 0.410 e. The molecule has 0 atom stereocenters. The molecule has 0 fully saturated rings. The summed E-state index contributed by atoms with van der Waals surface area (Å²) >= 11 is 0. The van der Waals surface area contributed by atoms with Gasteiger partial charge < -0.3 is 20.1 Å². The number of carbonyl (C=O) groups excluding carboxylic acids is 1. The van der Waals surface area contributed by atoms with Crippen LogP contribution in [0, 0.1) is 0 Å². The summed E-state index contributed by atoms with van der Waals surface area (Å²) in [5.74, 6) is 0.564. The lowest BCUT2D eigenvalue weighted by Crippen LogP contribution is -2.36. The Hall–Kier alpha value is -2.44. The van der Waals surface area contributed by atoms with Crippen LogP contribution < -0.4 is 10.5 Å². The summed E-state index contributed by atoms with van der Waals surface area (Å²) in [5, 5.41) is 7.73. The first-order valence-electron chi connectivity index (χ1n) is 7.06. The molecule has 2 aromatic rings. The number of rotatable bonds is 4. The van der Waals surface area contributed by atoms with E-state index in [1.54, 1.807) is 25.4 Å². The summed E-state index contributed by atoms with van der Waals surface area (Å²) in [6.07, 6.45) is 1.32. The van der Waals surface area contributed by atoms with Crippen LogP contribution in [0.15, 0.2) is 18.3 Å². The number of H-pyrrole nitrogens is 1. The Kier molecular flexibility index (Phi) is 4.44. The zero-order chi connectivity index (χ0) is 16.3. The Labute approximate surface area is 129 Å². The first kappa shape index (κ1) is 15.9. The third kappa shape index (κ3) is 4.03. The van der Waals surface area contributed by atoms with E-state index in [9.17, 15) is 4.79 Å². The molecule has 1 aromatic carbocycles.